The fourth-order valence-corrected chi connectivity index (χ4v) is 18.8. The van der Waals surface area contributed by atoms with Crippen LogP contribution in [0.25, 0.3) is 82.9 Å². The van der Waals surface area contributed by atoms with E-state index in [-0.39, 0.29) is 66.2 Å². The summed E-state index contributed by atoms with van der Waals surface area (Å²) in [4.78, 5) is 0. The van der Waals surface area contributed by atoms with Crippen molar-refractivity contribution in [3.63, 3.8) is 0 Å². The lowest BCUT2D eigenvalue weighted by atomic mass is 9.71. The standard InChI is InChI=1S/C20H28B2O5.C18H18BBrO3.C15H18BBrO2.C14H16BBrO3.C13H9BrO.C10H14BBrO3.C8H4Br2O/c1-17(2)18(3,4)25-21(24-17)14-11-13-9-10-23-16(13)15(12-14)22-26-19(5,6)20(7,8)27-22;1-17(2)18(3,4)23-19(22-17)11-5-7-15-13(9-11)14-10-12(20)6-8-16(14)21-15;1-14(2)15(3,4)19-16(18-14)13-9-11(17)8-10-6-5-7-12(10)13;1-13(2)14(3,4)19-15(18-13)10-7-9-5-6-17-12(9)11(16)8-10;1-8-2-4-12-10(6-8)11-7-9(14)3-5-13(11)15-12;1-9(2)10(3,4)15-11(14-9)7-5-6-8(12)13-7;9-6-3-5-1-2-11-8(5)7(10)4-6/h9-12H,1-8H3;5-10H,1-4H3;5-6,8-9H,7H2,1-4H3;5-8H,1-4H3;2-7H,1H3;5-6H,1-4H3;1-4H. The molecule has 12 heterocycles. The van der Waals surface area contributed by atoms with Gasteiger partial charge in [-0.05, 0) is 376 Å². The third-order valence-electron chi connectivity index (χ3n) is 27.2. The van der Waals surface area contributed by atoms with Crippen LogP contribution >= 0.6 is 112 Å². The predicted octanol–water partition coefficient (Wildman–Crippen LogP) is 25.4. The number of allylic oxidation sites excluding steroid dienone is 1. The van der Waals surface area contributed by atoms with Crippen molar-refractivity contribution in [1.82, 2.24) is 0 Å². The zero-order chi connectivity index (χ0) is 93.4. The highest BCUT2D eigenvalue weighted by Gasteiger charge is 2.58. The van der Waals surface area contributed by atoms with E-state index in [0.717, 1.165) is 127 Å². The number of benzene rings is 8. The zero-order valence-corrected chi connectivity index (χ0v) is 88.6. The first-order valence-corrected chi connectivity index (χ1v) is 48.7. The van der Waals surface area contributed by atoms with E-state index in [1.807, 2.05) is 159 Å². The first-order valence-electron chi connectivity index (χ1n) is 43.1. The molecule has 6 aliphatic heterocycles. The third kappa shape index (κ3) is 20.0. The first-order chi connectivity index (χ1) is 60.0. The van der Waals surface area contributed by atoms with E-state index in [2.05, 4.69) is 290 Å². The molecule has 21 rings (SSSR count). The molecule has 0 saturated carbocycles. The van der Waals surface area contributed by atoms with Gasteiger partial charge >= 0.3 is 42.7 Å². The quantitative estimate of drug-likeness (QED) is 0.143. The minimum Gasteiger partial charge on any atom is -0.465 e. The van der Waals surface area contributed by atoms with E-state index in [9.17, 15) is 0 Å². The molecule has 0 unspecified atom stereocenters. The van der Waals surface area contributed by atoms with E-state index in [1.54, 1.807) is 18.8 Å². The van der Waals surface area contributed by atoms with Crippen LogP contribution in [0.1, 0.15) is 183 Å². The summed E-state index contributed by atoms with van der Waals surface area (Å²) in [6, 6.07) is 50.4. The van der Waals surface area contributed by atoms with Gasteiger partial charge in [-0.3, -0.25) is 0 Å². The normalized spacial score (nSPS) is 20.3. The molecule has 31 heteroatoms. The van der Waals surface area contributed by atoms with Gasteiger partial charge in [0.25, 0.3) is 0 Å². The highest BCUT2D eigenvalue weighted by Crippen LogP contribution is 2.45. The van der Waals surface area contributed by atoms with E-state index < -0.39 is 43.8 Å². The van der Waals surface area contributed by atoms with Crippen LogP contribution in [0.15, 0.2) is 235 Å². The molecule has 1 aliphatic carbocycles. The third-order valence-corrected chi connectivity index (χ3v) is 30.7. The zero-order valence-electron chi connectivity index (χ0n) is 77.5. The second-order valence-corrected chi connectivity index (χ2v) is 45.8. The van der Waals surface area contributed by atoms with Crippen LogP contribution < -0.4 is 33.0 Å². The smallest absolute Gasteiger partial charge is 0.465 e. The average molecular weight is 2200 g/mol. The SMILES string of the molecule is Brc1cc(Br)c2occc2c1.CC1(C)OB(c2cc(B3OC(C)(C)C(C)(C)O3)c3occc3c2)OC1(C)C.CC1(C)OB(c2cc(Br)c3occc3c2)OC1(C)C.CC1(C)OB(c2cc(Br)cc3c2CC=C3)OC1(C)C.CC1(C)OB(c2ccc(Br)o2)OC1(C)C.CC1(C)OB(c2ccc3oc4ccc(Br)cc4c3c2)OC1(C)C.Cc1ccc2oc3ccc(Br)cc3c2c1. The fourth-order valence-electron chi connectivity index (χ4n) is 15.3. The summed E-state index contributed by atoms with van der Waals surface area (Å²) in [6.07, 6.45) is 10.4. The molecule has 0 atom stereocenters. The largest absolute Gasteiger partial charge is 0.532 e. The Hall–Kier alpha value is -5.73. The van der Waals surface area contributed by atoms with Gasteiger partial charge in [-0.25, -0.2) is 0 Å². The summed E-state index contributed by atoms with van der Waals surface area (Å²) in [5.74, 6) is 0. The maximum absolute atomic E-state index is 6.26. The molecule has 0 bridgehead atoms. The minimum atomic E-state index is -0.508. The molecule has 674 valence electrons. The molecule has 6 aromatic heterocycles. The predicted molar refractivity (Wildman–Crippen MR) is 547 cm³/mol. The van der Waals surface area contributed by atoms with Crippen molar-refractivity contribution >= 4 is 270 Å². The van der Waals surface area contributed by atoms with Gasteiger partial charge in [-0.1, -0.05) is 118 Å². The van der Waals surface area contributed by atoms with Crippen molar-refractivity contribution in [3.05, 3.63) is 225 Å². The summed E-state index contributed by atoms with van der Waals surface area (Å²) in [5.41, 5.74) is 11.5. The highest BCUT2D eigenvalue weighted by atomic mass is 79.9. The van der Waals surface area contributed by atoms with Crippen LogP contribution in [0.5, 0.6) is 0 Å². The molecule has 18 nitrogen and oxygen atoms in total. The van der Waals surface area contributed by atoms with Gasteiger partial charge in [0.2, 0.25) is 0 Å². The maximum atomic E-state index is 6.26. The number of furan rings is 6. The van der Waals surface area contributed by atoms with Crippen molar-refractivity contribution < 1.29 is 82.4 Å². The second kappa shape index (κ2) is 36.1. The Morgan fingerprint density at radius 3 is 1.08 bits per heavy atom. The molecule has 14 aromatic rings. The Labute approximate surface area is 816 Å². The van der Waals surface area contributed by atoms with Crippen LogP contribution in [0.4, 0.5) is 0 Å². The monoisotopic (exact) mass is 2190 g/mol. The minimum absolute atomic E-state index is 0.281. The molecule has 6 saturated heterocycles. The number of hydrogen-bond acceptors (Lipinski definition) is 18. The summed E-state index contributed by atoms with van der Waals surface area (Å²) >= 11 is 24.2. The molecule has 129 heavy (non-hydrogen) atoms. The van der Waals surface area contributed by atoms with E-state index in [4.69, 9.17) is 82.4 Å². The number of aryl methyl sites for hydroxylation is 1. The number of fused-ring (bicyclic) bond motifs is 10. The van der Waals surface area contributed by atoms with Crippen LogP contribution in [-0.2, 0) is 62.3 Å². The van der Waals surface area contributed by atoms with E-state index in [1.165, 1.54) is 27.5 Å². The average Bonchev–Trinajstić information content (AvgIpc) is 1.59. The maximum Gasteiger partial charge on any atom is 0.532 e. The van der Waals surface area contributed by atoms with Gasteiger partial charge in [-0.15, -0.1) is 0 Å². The molecule has 0 radical (unpaired) electrons. The van der Waals surface area contributed by atoms with Gasteiger partial charge in [0.15, 0.2) is 4.67 Å². The van der Waals surface area contributed by atoms with Gasteiger partial charge in [0.1, 0.15) is 44.7 Å². The molecule has 6 fully saturated rings. The molecule has 0 N–H and O–H groups in total. The summed E-state index contributed by atoms with van der Waals surface area (Å²) < 4.78 is 114. The topological polar surface area (TPSA) is 190 Å². The fraction of sp³-hybridized carbons (Fsp3) is 0.388. The van der Waals surface area contributed by atoms with Crippen LogP contribution in [-0.4, -0.2) is 110 Å². The van der Waals surface area contributed by atoms with Gasteiger partial charge in [0, 0.05) is 61.1 Å². The van der Waals surface area contributed by atoms with Crippen molar-refractivity contribution in [1.29, 1.82) is 0 Å². The van der Waals surface area contributed by atoms with Gasteiger partial charge in [-0.2, -0.15) is 0 Å². The molecular weight excluding hydrogens is 2090 g/mol. The van der Waals surface area contributed by atoms with Crippen molar-refractivity contribution in [2.45, 2.75) is 247 Å². The number of hydrogen-bond donors (Lipinski definition) is 0. The Balaban J connectivity index is 0.000000117. The van der Waals surface area contributed by atoms with Crippen molar-refractivity contribution in [2.24, 2.45) is 0 Å². The van der Waals surface area contributed by atoms with Crippen LogP contribution in [0, 0.1) is 6.92 Å². The van der Waals surface area contributed by atoms with Gasteiger partial charge in [0.05, 0.1) is 94.9 Å². The summed E-state index contributed by atoms with van der Waals surface area (Å²) in [6.45, 7) is 51.4. The Kier molecular flexibility index (Phi) is 27.3. The first kappa shape index (κ1) is 97.8. The summed E-state index contributed by atoms with van der Waals surface area (Å²) in [7, 11) is -2.36. The molecule has 8 aromatic carbocycles. The lowest BCUT2D eigenvalue weighted by molar-refractivity contribution is 0.00578. The lowest BCUT2D eigenvalue weighted by Gasteiger charge is -2.32. The number of halogens is 7. The molecule has 0 amide bonds. The second-order valence-electron chi connectivity index (χ2n) is 39.6. The van der Waals surface area contributed by atoms with Gasteiger partial charge < -0.3 is 82.4 Å². The number of rotatable bonds is 6. The van der Waals surface area contributed by atoms with Crippen molar-refractivity contribution in [3.8, 4) is 0 Å². The van der Waals surface area contributed by atoms with E-state index in [0.29, 0.717) is 10.3 Å². The molecule has 0 spiro atoms. The Morgan fingerprint density at radius 1 is 0.271 bits per heavy atom. The lowest BCUT2D eigenvalue weighted by Crippen LogP contribution is -2.41. The Morgan fingerprint density at radius 2 is 0.628 bits per heavy atom. The Bertz CT molecular complexity index is 6420. The molecular formula is C98H107B6Br7O18. The summed E-state index contributed by atoms with van der Waals surface area (Å²) in [5, 5.41) is 7.65. The van der Waals surface area contributed by atoms with Crippen LogP contribution in [0.3, 0.4) is 0 Å². The highest BCUT2D eigenvalue weighted by molar-refractivity contribution is 9.11. The van der Waals surface area contributed by atoms with Crippen LogP contribution in [0.2, 0.25) is 0 Å². The molecule has 7 aliphatic rings. The van der Waals surface area contributed by atoms with E-state index >= 15 is 0 Å². The van der Waals surface area contributed by atoms with Crippen molar-refractivity contribution in [2.75, 3.05) is 0 Å².